The third kappa shape index (κ3) is 3.71. The summed E-state index contributed by atoms with van der Waals surface area (Å²) in [6.07, 6.45) is -0.645. The van der Waals surface area contributed by atoms with E-state index in [4.69, 9.17) is 14.7 Å². The van der Waals surface area contributed by atoms with Gasteiger partial charge in [-0.15, -0.1) is 0 Å². The Morgan fingerprint density at radius 2 is 2.05 bits per heavy atom. The van der Waals surface area contributed by atoms with Crippen LogP contribution in [0, 0.1) is 0 Å². The van der Waals surface area contributed by atoms with Crippen molar-refractivity contribution in [2.45, 2.75) is 70.5 Å². The number of esters is 1. The van der Waals surface area contributed by atoms with Crippen molar-refractivity contribution >= 4 is 14.3 Å². The molecule has 108 valence electrons. The van der Waals surface area contributed by atoms with E-state index in [2.05, 4.69) is 43.9 Å². The zero-order valence-electron chi connectivity index (χ0n) is 12.5. The average molecular weight is 285 g/mol. The minimum Gasteiger partial charge on any atom is -0.460 e. The first-order valence-electron chi connectivity index (χ1n) is 6.50. The molecule has 1 rings (SSSR count). The number of carbonyl (C=O) groups excluding carboxylic acids is 1. The molecule has 0 saturated carbocycles. The van der Waals surface area contributed by atoms with Crippen LogP contribution in [0.25, 0.3) is 10.4 Å². The first-order chi connectivity index (χ1) is 8.58. The van der Waals surface area contributed by atoms with Crippen molar-refractivity contribution in [3.05, 3.63) is 10.4 Å². The fraction of sp³-hybridized carbons (Fsp3) is 0.917. The molecule has 3 atom stereocenters. The van der Waals surface area contributed by atoms with Crippen molar-refractivity contribution in [2.24, 2.45) is 5.11 Å². The summed E-state index contributed by atoms with van der Waals surface area (Å²) in [5.41, 5.74) is 8.63. The van der Waals surface area contributed by atoms with E-state index in [9.17, 15) is 4.79 Å². The molecule has 0 unspecified atom stereocenters. The molecule has 0 aromatic heterocycles. The molecule has 0 aliphatic carbocycles. The summed E-state index contributed by atoms with van der Waals surface area (Å²) in [6.45, 7) is 12.5. The Bertz CT molecular complexity index is 400. The van der Waals surface area contributed by atoms with Crippen molar-refractivity contribution in [1.82, 2.24) is 0 Å². The van der Waals surface area contributed by atoms with Crippen LogP contribution in [0.2, 0.25) is 18.1 Å². The van der Waals surface area contributed by atoms with Gasteiger partial charge in [0.05, 0.1) is 18.6 Å². The van der Waals surface area contributed by atoms with Gasteiger partial charge in [-0.25, -0.2) is 0 Å². The van der Waals surface area contributed by atoms with E-state index in [1.807, 2.05) is 0 Å². The van der Waals surface area contributed by atoms with E-state index >= 15 is 0 Å². The van der Waals surface area contributed by atoms with Crippen molar-refractivity contribution in [3.63, 3.8) is 0 Å². The van der Waals surface area contributed by atoms with Crippen LogP contribution in [0.5, 0.6) is 0 Å². The molecule has 0 radical (unpaired) electrons. The molecule has 1 aliphatic rings. The third-order valence-electron chi connectivity index (χ3n) is 3.97. The number of cyclic esters (lactones) is 1. The molecule has 1 saturated heterocycles. The molecule has 0 spiro atoms. The van der Waals surface area contributed by atoms with E-state index in [0.717, 1.165) is 0 Å². The van der Waals surface area contributed by atoms with Gasteiger partial charge in [-0.2, -0.15) is 0 Å². The fourth-order valence-electron chi connectivity index (χ4n) is 1.79. The van der Waals surface area contributed by atoms with Crippen LogP contribution in [0.3, 0.4) is 0 Å². The molecular formula is C12H23N3O3Si. The van der Waals surface area contributed by atoms with Crippen molar-refractivity contribution < 1.29 is 14.0 Å². The van der Waals surface area contributed by atoms with Gasteiger partial charge in [0, 0.05) is 4.91 Å². The van der Waals surface area contributed by atoms with E-state index in [0.29, 0.717) is 0 Å². The lowest BCUT2D eigenvalue weighted by Gasteiger charge is -2.43. The van der Waals surface area contributed by atoms with Gasteiger partial charge >= 0.3 is 5.97 Å². The summed E-state index contributed by atoms with van der Waals surface area (Å²) < 4.78 is 11.5. The highest BCUT2D eigenvalue weighted by molar-refractivity contribution is 6.74. The number of azide groups is 1. The van der Waals surface area contributed by atoms with Gasteiger partial charge in [-0.1, -0.05) is 25.9 Å². The van der Waals surface area contributed by atoms with Crippen LogP contribution in [0.15, 0.2) is 5.11 Å². The van der Waals surface area contributed by atoms with Gasteiger partial charge in [-0.05, 0) is 30.6 Å². The first-order valence-corrected chi connectivity index (χ1v) is 9.41. The minimum atomic E-state index is -2.00. The second kappa shape index (κ2) is 5.52. The van der Waals surface area contributed by atoms with Crippen LogP contribution in [0.4, 0.5) is 0 Å². The smallest absolute Gasteiger partial charge is 0.306 e. The molecule has 6 nitrogen and oxygen atoms in total. The Morgan fingerprint density at radius 1 is 1.47 bits per heavy atom. The molecule has 0 bridgehead atoms. The zero-order valence-corrected chi connectivity index (χ0v) is 13.5. The lowest BCUT2D eigenvalue weighted by atomic mass is 10.0. The Kier molecular flexibility index (Phi) is 4.66. The van der Waals surface area contributed by atoms with Crippen LogP contribution in [-0.4, -0.2) is 32.5 Å². The number of hydrogen-bond acceptors (Lipinski definition) is 4. The fourth-order valence-corrected chi connectivity index (χ4v) is 3.17. The maximum Gasteiger partial charge on any atom is 0.306 e. The Morgan fingerprint density at radius 3 is 2.53 bits per heavy atom. The summed E-state index contributed by atoms with van der Waals surface area (Å²) >= 11 is 0. The maximum atomic E-state index is 11.4. The van der Waals surface area contributed by atoms with Crippen LogP contribution in [-0.2, 0) is 14.0 Å². The molecule has 1 aliphatic heterocycles. The van der Waals surface area contributed by atoms with Crippen molar-refractivity contribution in [3.8, 4) is 0 Å². The van der Waals surface area contributed by atoms with Crippen molar-refractivity contribution in [1.29, 1.82) is 0 Å². The average Bonchev–Trinajstić information content (AvgIpc) is 2.22. The van der Waals surface area contributed by atoms with Crippen LogP contribution >= 0.6 is 0 Å². The first kappa shape index (κ1) is 16.0. The molecule has 19 heavy (non-hydrogen) atoms. The summed E-state index contributed by atoms with van der Waals surface area (Å²) in [4.78, 5) is 14.2. The topological polar surface area (TPSA) is 84.3 Å². The molecular weight excluding hydrogens is 262 g/mol. The van der Waals surface area contributed by atoms with Gasteiger partial charge < -0.3 is 9.16 Å². The lowest BCUT2D eigenvalue weighted by Crippen LogP contribution is -2.53. The standard InChI is InChI=1S/C12H23N3O3Si/c1-8-11(18-19(5,6)12(2,3)4)9(14-15-13)7-10(16)17-8/h8-9,11H,7H2,1-6H3/t8-,9+,11-/m0/s1. The van der Waals surface area contributed by atoms with Crippen LogP contribution in [0.1, 0.15) is 34.1 Å². The van der Waals surface area contributed by atoms with Gasteiger partial charge in [0.2, 0.25) is 0 Å². The van der Waals surface area contributed by atoms with Gasteiger partial charge in [0.15, 0.2) is 8.32 Å². The zero-order chi connectivity index (χ0) is 14.8. The Balaban J connectivity index is 2.95. The number of ether oxygens (including phenoxy) is 1. The lowest BCUT2D eigenvalue weighted by molar-refractivity contribution is -0.162. The number of hydrogen-bond donors (Lipinski definition) is 0. The second-order valence-corrected chi connectivity index (χ2v) is 11.3. The Hall–Kier alpha value is -1.04. The third-order valence-corrected chi connectivity index (χ3v) is 8.45. The summed E-state index contributed by atoms with van der Waals surface area (Å²) in [7, 11) is -2.00. The molecule has 0 amide bonds. The largest absolute Gasteiger partial charge is 0.460 e. The molecule has 1 heterocycles. The predicted octanol–water partition coefficient (Wildman–Crippen LogP) is 3.39. The monoisotopic (exact) mass is 285 g/mol. The normalized spacial score (nSPS) is 28.5. The maximum absolute atomic E-state index is 11.4. The van der Waals surface area contributed by atoms with Gasteiger partial charge in [0.25, 0.3) is 0 Å². The highest BCUT2D eigenvalue weighted by atomic mass is 28.4. The van der Waals surface area contributed by atoms with Crippen molar-refractivity contribution in [2.75, 3.05) is 0 Å². The van der Waals surface area contributed by atoms with E-state index < -0.39 is 14.4 Å². The molecule has 0 aromatic carbocycles. The van der Waals surface area contributed by atoms with E-state index in [1.54, 1.807) is 6.92 Å². The molecule has 1 fully saturated rings. The summed E-state index contributed by atoms with van der Waals surface area (Å²) in [5, 5.41) is 3.76. The van der Waals surface area contributed by atoms with Gasteiger partial charge in [0.1, 0.15) is 6.10 Å². The predicted molar refractivity (Wildman–Crippen MR) is 75.2 cm³/mol. The minimum absolute atomic E-state index is 0.0507. The quantitative estimate of drug-likeness (QED) is 0.262. The number of nitrogens with zero attached hydrogens (tertiary/aromatic N) is 3. The van der Waals surface area contributed by atoms with Gasteiger partial charge in [-0.3, -0.25) is 4.79 Å². The summed E-state index contributed by atoms with van der Waals surface area (Å²) in [6, 6.07) is -0.477. The van der Waals surface area contributed by atoms with E-state index in [-0.39, 0.29) is 29.6 Å². The molecule has 0 N–H and O–H groups in total. The van der Waals surface area contributed by atoms with E-state index in [1.165, 1.54) is 0 Å². The SMILES string of the molecule is C[C@@H]1OC(=O)C[C@@H](N=[N+]=[N-])[C@H]1O[Si](C)(C)C(C)(C)C. The second-order valence-electron chi connectivity index (χ2n) is 6.51. The molecule has 7 heteroatoms. The Labute approximate surface area is 115 Å². The number of rotatable bonds is 3. The summed E-state index contributed by atoms with van der Waals surface area (Å²) in [5.74, 6) is -0.333. The highest BCUT2D eigenvalue weighted by Crippen LogP contribution is 2.39. The molecule has 0 aromatic rings. The van der Waals surface area contributed by atoms with Crippen LogP contribution < -0.4 is 0 Å². The highest BCUT2D eigenvalue weighted by Gasteiger charge is 2.45. The number of carbonyl (C=O) groups is 1.